The number of anilines is 1. The molecule has 3 aromatic rings. The standard InChI is InChI=1S/C30H28N2O8/c1-18-25(29(35)38-4)26(31-30(36)32(18)22-13-8-12-21(16-22)28(34)37-3)23-14-9-15-24(27(23)40-19(2)33)39-17-20-10-6-5-7-11-20/h5-16,26H,17H2,1-4H3,(H,31,36). The fourth-order valence-corrected chi connectivity index (χ4v) is 4.41. The van der Waals surface area contributed by atoms with E-state index in [1.54, 1.807) is 43.3 Å². The molecule has 4 rings (SSSR count). The van der Waals surface area contributed by atoms with Crippen LogP contribution >= 0.6 is 0 Å². The first-order chi connectivity index (χ1) is 19.2. The predicted octanol–water partition coefficient (Wildman–Crippen LogP) is 4.70. The Hall–Kier alpha value is -5.12. The molecule has 2 amide bonds. The zero-order valence-electron chi connectivity index (χ0n) is 22.4. The van der Waals surface area contributed by atoms with Gasteiger partial charge in [-0.05, 0) is 36.8 Å². The molecule has 1 heterocycles. The maximum atomic E-state index is 13.5. The quantitative estimate of drug-likeness (QED) is 0.320. The number of methoxy groups -OCH3 is 2. The topological polar surface area (TPSA) is 120 Å². The summed E-state index contributed by atoms with van der Waals surface area (Å²) in [5, 5.41) is 2.82. The van der Waals surface area contributed by atoms with E-state index in [0.29, 0.717) is 11.3 Å². The van der Waals surface area contributed by atoms with Crippen LogP contribution in [0.4, 0.5) is 10.5 Å². The van der Waals surface area contributed by atoms with Gasteiger partial charge >= 0.3 is 23.9 Å². The van der Waals surface area contributed by atoms with Crippen LogP contribution in [-0.4, -0.2) is 38.2 Å². The number of para-hydroxylation sites is 1. The van der Waals surface area contributed by atoms with Crippen molar-refractivity contribution in [1.29, 1.82) is 0 Å². The summed E-state index contributed by atoms with van der Waals surface area (Å²) in [5.74, 6) is -1.58. The van der Waals surface area contributed by atoms with E-state index in [4.69, 9.17) is 18.9 Å². The highest BCUT2D eigenvalue weighted by Crippen LogP contribution is 2.42. The zero-order chi connectivity index (χ0) is 28.8. The second kappa shape index (κ2) is 12.2. The lowest BCUT2D eigenvalue weighted by atomic mass is 9.93. The lowest BCUT2D eigenvalue weighted by Gasteiger charge is -2.35. The Kier molecular flexibility index (Phi) is 8.48. The van der Waals surface area contributed by atoms with Crippen LogP contribution < -0.4 is 19.7 Å². The van der Waals surface area contributed by atoms with Gasteiger partial charge in [0.15, 0.2) is 11.5 Å². The number of hydrogen-bond acceptors (Lipinski definition) is 8. The summed E-state index contributed by atoms with van der Waals surface area (Å²) in [6.07, 6.45) is 0. The van der Waals surface area contributed by atoms with Crippen LogP contribution in [0.1, 0.15) is 41.4 Å². The predicted molar refractivity (Wildman–Crippen MR) is 145 cm³/mol. The fourth-order valence-electron chi connectivity index (χ4n) is 4.41. The molecule has 1 aliphatic rings. The minimum absolute atomic E-state index is 0.0616. The van der Waals surface area contributed by atoms with Crippen LogP contribution in [0.15, 0.2) is 84.1 Å². The smallest absolute Gasteiger partial charge is 0.337 e. The van der Waals surface area contributed by atoms with Crippen LogP contribution in [-0.2, 0) is 25.7 Å². The van der Waals surface area contributed by atoms with Gasteiger partial charge in [0.25, 0.3) is 0 Å². The van der Waals surface area contributed by atoms with Crippen LogP contribution in [0.25, 0.3) is 0 Å². The molecule has 1 atom stereocenters. The molecule has 10 heteroatoms. The molecule has 3 aromatic carbocycles. The minimum Gasteiger partial charge on any atom is -0.485 e. The molecule has 0 saturated heterocycles. The molecule has 1 unspecified atom stereocenters. The molecule has 0 aromatic heterocycles. The van der Waals surface area contributed by atoms with E-state index in [0.717, 1.165) is 5.56 Å². The Morgan fingerprint density at radius 1 is 0.900 bits per heavy atom. The maximum absolute atomic E-state index is 13.5. The number of amides is 2. The summed E-state index contributed by atoms with van der Waals surface area (Å²) in [6.45, 7) is 3.03. The van der Waals surface area contributed by atoms with Crippen LogP contribution in [0, 0.1) is 0 Å². The molecular weight excluding hydrogens is 516 g/mol. The summed E-state index contributed by atoms with van der Waals surface area (Å²) in [6, 6.07) is 19.0. The first-order valence-electron chi connectivity index (χ1n) is 12.3. The monoisotopic (exact) mass is 544 g/mol. The molecule has 0 fully saturated rings. The Bertz CT molecular complexity index is 1480. The van der Waals surface area contributed by atoms with Gasteiger partial charge in [-0.1, -0.05) is 48.5 Å². The summed E-state index contributed by atoms with van der Waals surface area (Å²) < 4.78 is 21.4. The number of nitrogens with one attached hydrogen (secondary N) is 1. The number of nitrogens with zero attached hydrogens (tertiary/aromatic N) is 1. The minimum atomic E-state index is -1.05. The van der Waals surface area contributed by atoms with Gasteiger partial charge in [-0.3, -0.25) is 9.69 Å². The number of urea groups is 1. The molecular formula is C30H28N2O8. The Labute approximate surface area is 231 Å². The Morgan fingerprint density at radius 3 is 2.27 bits per heavy atom. The van der Waals surface area contributed by atoms with Crippen molar-refractivity contribution < 1.29 is 38.1 Å². The molecule has 0 radical (unpaired) electrons. The number of hydrogen-bond donors (Lipinski definition) is 1. The van der Waals surface area contributed by atoms with E-state index in [9.17, 15) is 19.2 Å². The van der Waals surface area contributed by atoms with Gasteiger partial charge in [-0.15, -0.1) is 0 Å². The largest absolute Gasteiger partial charge is 0.485 e. The van der Waals surface area contributed by atoms with Crippen molar-refractivity contribution in [2.75, 3.05) is 19.1 Å². The van der Waals surface area contributed by atoms with Crippen LogP contribution in [0.2, 0.25) is 0 Å². The normalized spacial score (nSPS) is 14.8. The van der Waals surface area contributed by atoms with E-state index in [2.05, 4.69) is 5.32 Å². The molecule has 206 valence electrons. The number of carbonyl (C=O) groups is 4. The highest BCUT2D eigenvalue weighted by molar-refractivity contribution is 6.04. The van der Waals surface area contributed by atoms with Gasteiger partial charge in [0.2, 0.25) is 0 Å². The highest BCUT2D eigenvalue weighted by atomic mass is 16.6. The Morgan fingerprint density at radius 2 is 1.60 bits per heavy atom. The van der Waals surface area contributed by atoms with Crippen LogP contribution in [0.5, 0.6) is 11.5 Å². The van der Waals surface area contributed by atoms with Crippen molar-refractivity contribution in [3.8, 4) is 11.5 Å². The number of benzene rings is 3. The van der Waals surface area contributed by atoms with E-state index < -0.39 is 30.0 Å². The second-order valence-electron chi connectivity index (χ2n) is 8.79. The number of rotatable bonds is 8. The summed E-state index contributed by atoms with van der Waals surface area (Å²) >= 11 is 0. The fraction of sp³-hybridized carbons (Fsp3) is 0.200. The van der Waals surface area contributed by atoms with Crippen LogP contribution in [0.3, 0.4) is 0 Å². The van der Waals surface area contributed by atoms with E-state index in [1.807, 2.05) is 30.3 Å². The second-order valence-corrected chi connectivity index (χ2v) is 8.79. The average Bonchev–Trinajstić information content (AvgIpc) is 2.96. The lowest BCUT2D eigenvalue weighted by Crippen LogP contribution is -2.48. The number of ether oxygens (including phenoxy) is 4. The first-order valence-corrected chi connectivity index (χ1v) is 12.3. The molecule has 0 bridgehead atoms. The third-order valence-corrected chi connectivity index (χ3v) is 6.22. The van der Waals surface area contributed by atoms with Gasteiger partial charge in [-0.25, -0.2) is 14.4 Å². The van der Waals surface area contributed by atoms with Gasteiger partial charge in [0.1, 0.15) is 6.61 Å². The summed E-state index contributed by atoms with van der Waals surface area (Å²) in [4.78, 5) is 52.1. The summed E-state index contributed by atoms with van der Waals surface area (Å²) in [7, 11) is 2.48. The summed E-state index contributed by atoms with van der Waals surface area (Å²) in [5.41, 5.74) is 2.12. The van der Waals surface area contributed by atoms with Gasteiger partial charge in [0.05, 0.1) is 37.1 Å². The van der Waals surface area contributed by atoms with Crippen molar-refractivity contribution in [2.24, 2.45) is 0 Å². The Balaban J connectivity index is 1.81. The molecule has 0 spiro atoms. The van der Waals surface area contributed by atoms with Crippen molar-refractivity contribution >= 4 is 29.6 Å². The van der Waals surface area contributed by atoms with E-state index >= 15 is 0 Å². The van der Waals surface area contributed by atoms with Crippen molar-refractivity contribution in [3.05, 3.63) is 101 Å². The zero-order valence-corrected chi connectivity index (χ0v) is 22.4. The molecule has 1 aliphatic heterocycles. The van der Waals surface area contributed by atoms with Crippen molar-refractivity contribution in [2.45, 2.75) is 26.5 Å². The molecule has 40 heavy (non-hydrogen) atoms. The molecule has 0 aliphatic carbocycles. The van der Waals surface area contributed by atoms with Gasteiger partial charge in [-0.2, -0.15) is 0 Å². The van der Waals surface area contributed by atoms with E-state index in [-0.39, 0.29) is 34.9 Å². The third kappa shape index (κ3) is 5.80. The van der Waals surface area contributed by atoms with Gasteiger partial charge < -0.3 is 24.3 Å². The number of carbonyl (C=O) groups excluding carboxylic acids is 4. The SMILES string of the molecule is COC(=O)C1=C(C)N(c2cccc(C(=O)OC)c2)C(=O)NC1c1cccc(OCc2ccccc2)c1OC(C)=O. The van der Waals surface area contributed by atoms with Crippen molar-refractivity contribution in [3.63, 3.8) is 0 Å². The first kappa shape index (κ1) is 27.9. The molecule has 0 saturated carbocycles. The average molecular weight is 545 g/mol. The maximum Gasteiger partial charge on any atom is 0.337 e. The number of esters is 3. The highest BCUT2D eigenvalue weighted by Gasteiger charge is 2.39. The molecule has 1 N–H and O–H groups in total. The third-order valence-electron chi connectivity index (χ3n) is 6.22. The van der Waals surface area contributed by atoms with Crippen molar-refractivity contribution in [1.82, 2.24) is 5.32 Å². The van der Waals surface area contributed by atoms with Gasteiger partial charge in [0, 0.05) is 18.2 Å². The number of allylic oxidation sites excluding steroid dienone is 1. The van der Waals surface area contributed by atoms with E-state index in [1.165, 1.54) is 32.1 Å². The lowest BCUT2D eigenvalue weighted by molar-refractivity contribution is -0.136. The molecule has 10 nitrogen and oxygen atoms in total.